The van der Waals surface area contributed by atoms with E-state index in [1.54, 1.807) is 0 Å². The molecule has 8 heteroatoms. The number of anilines is 1. The van der Waals surface area contributed by atoms with Gasteiger partial charge in [-0.05, 0) is 12.3 Å². The molecular formula is C11H15Cl3N2O2S. The highest BCUT2D eigenvalue weighted by atomic mass is 35.6. The maximum absolute atomic E-state index is 11.5. The van der Waals surface area contributed by atoms with Crippen LogP contribution in [0.5, 0.6) is 0 Å². The fraction of sp³-hybridized carbons (Fsp3) is 0.636. The largest absolute Gasteiger partial charge is 0.445 e. The zero-order valence-electron chi connectivity index (χ0n) is 11.0. The van der Waals surface area contributed by atoms with E-state index in [1.165, 1.54) is 11.3 Å². The zero-order chi connectivity index (χ0) is 14.8. The van der Waals surface area contributed by atoms with Crippen LogP contribution in [0.3, 0.4) is 0 Å². The monoisotopic (exact) mass is 344 g/mol. The SMILES string of the molecule is Cc1nc(NC(=O)OCC(Cl)(Cl)Cl)sc1C(C)(C)C. The van der Waals surface area contributed by atoms with Crippen LogP contribution in [0.4, 0.5) is 9.93 Å². The van der Waals surface area contributed by atoms with Gasteiger partial charge in [-0.2, -0.15) is 0 Å². The van der Waals surface area contributed by atoms with Crippen LogP contribution in [-0.4, -0.2) is 21.5 Å². The third kappa shape index (κ3) is 5.73. The Balaban J connectivity index is 2.66. The molecule has 0 saturated carbocycles. The van der Waals surface area contributed by atoms with E-state index in [4.69, 9.17) is 39.5 Å². The molecule has 0 aliphatic rings. The van der Waals surface area contributed by atoms with Crippen LogP contribution in [0.2, 0.25) is 0 Å². The van der Waals surface area contributed by atoms with Gasteiger partial charge in [0.1, 0.15) is 6.61 Å². The van der Waals surface area contributed by atoms with Gasteiger partial charge >= 0.3 is 6.09 Å². The molecule has 1 aromatic heterocycles. The molecule has 0 radical (unpaired) electrons. The molecule has 1 heterocycles. The van der Waals surface area contributed by atoms with Gasteiger partial charge in [-0.1, -0.05) is 55.6 Å². The van der Waals surface area contributed by atoms with Crippen molar-refractivity contribution in [2.24, 2.45) is 0 Å². The van der Waals surface area contributed by atoms with E-state index in [0.29, 0.717) is 5.13 Å². The third-order valence-corrected chi connectivity index (χ3v) is 3.88. The number of aryl methyl sites for hydroxylation is 1. The van der Waals surface area contributed by atoms with Crippen molar-refractivity contribution in [2.45, 2.75) is 36.9 Å². The summed E-state index contributed by atoms with van der Waals surface area (Å²) in [5.41, 5.74) is 0.859. The molecule has 0 unspecified atom stereocenters. The summed E-state index contributed by atoms with van der Waals surface area (Å²) in [5, 5.41) is 2.99. The number of aromatic nitrogens is 1. The summed E-state index contributed by atoms with van der Waals surface area (Å²) in [6.45, 7) is 7.82. The van der Waals surface area contributed by atoms with Crippen LogP contribution in [0.25, 0.3) is 0 Å². The highest BCUT2D eigenvalue weighted by Crippen LogP contribution is 2.33. The fourth-order valence-corrected chi connectivity index (χ4v) is 2.59. The van der Waals surface area contributed by atoms with Crippen LogP contribution < -0.4 is 5.32 Å². The molecule has 0 aliphatic heterocycles. The second-order valence-electron chi connectivity index (χ2n) is 5.00. The lowest BCUT2D eigenvalue weighted by atomic mass is 9.94. The van der Waals surface area contributed by atoms with Gasteiger partial charge in [0.25, 0.3) is 0 Å². The van der Waals surface area contributed by atoms with Gasteiger partial charge in [-0.3, -0.25) is 5.32 Å². The molecule has 1 aromatic rings. The van der Waals surface area contributed by atoms with Gasteiger partial charge in [0.2, 0.25) is 3.79 Å². The minimum Gasteiger partial charge on any atom is -0.445 e. The predicted molar refractivity (Wildman–Crippen MR) is 80.8 cm³/mol. The van der Waals surface area contributed by atoms with E-state index in [0.717, 1.165) is 10.6 Å². The second-order valence-corrected chi connectivity index (χ2v) is 8.52. The highest BCUT2D eigenvalue weighted by Gasteiger charge is 2.24. The summed E-state index contributed by atoms with van der Waals surface area (Å²) in [6, 6.07) is 0. The summed E-state index contributed by atoms with van der Waals surface area (Å²) in [5.74, 6) is 0. The topological polar surface area (TPSA) is 51.2 Å². The summed E-state index contributed by atoms with van der Waals surface area (Å²) in [4.78, 5) is 16.9. The normalized spacial score (nSPS) is 12.4. The Morgan fingerprint density at radius 3 is 2.37 bits per heavy atom. The number of halogens is 3. The first-order valence-electron chi connectivity index (χ1n) is 5.47. The quantitative estimate of drug-likeness (QED) is 0.793. The van der Waals surface area contributed by atoms with Crippen LogP contribution >= 0.6 is 46.1 Å². The fourth-order valence-electron chi connectivity index (χ4n) is 1.42. The number of rotatable bonds is 2. The summed E-state index contributed by atoms with van der Waals surface area (Å²) < 4.78 is 3.15. The molecular weight excluding hydrogens is 331 g/mol. The minimum atomic E-state index is -1.62. The number of carbonyl (C=O) groups is 1. The predicted octanol–water partition coefficient (Wildman–Crippen LogP) is 4.67. The van der Waals surface area contributed by atoms with Gasteiger partial charge in [0, 0.05) is 4.88 Å². The molecule has 0 saturated heterocycles. The van der Waals surface area contributed by atoms with Crippen molar-refractivity contribution in [1.29, 1.82) is 0 Å². The van der Waals surface area contributed by atoms with Crippen LogP contribution in [0, 0.1) is 6.92 Å². The standard InChI is InChI=1S/C11H15Cl3N2O2S/c1-6-7(10(2,3)4)19-8(15-6)16-9(17)18-5-11(12,13)14/h5H2,1-4H3,(H,15,16,17). The number of hydrogen-bond donors (Lipinski definition) is 1. The molecule has 0 spiro atoms. The number of nitrogens with zero attached hydrogens (tertiary/aromatic N) is 1. The molecule has 4 nitrogen and oxygen atoms in total. The van der Waals surface area contributed by atoms with E-state index in [2.05, 4.69) is 31.1 Å². The Hall–Kier alpha value is -0.230. The van der Waals surface area contributed by atoms with Gasteiger partial charge in [0.15, 0.2) is 5.13 Å². The molecule has 0 bridgehead atoms. The molecule has 0 fully saturated rings. The molecule has 0 aliphatic carbocycles. The number of hydrogen-bond acceptors (Lipinski definition) is 4. The zero-order valence-corrected chi connectivity index (χ0v) is 14.1. The smallest absolute Gasteiger partial charge is 0.413 e. The number of nitrogens with one attached hydrogen (secondary N) is 1. The maximum Gasteiger partial charge on any atom is 0.413 e. The first-order chi connectivity index (χ1) is 8.49. The van der Waals surface area contributed by atoms with Crippen molar-refractivity contribution >= 4 is 57.4 Å². The van der Waals surface area contributed by atoms with Crippen molar-refractivity contribution in [1.82, 2.24) is 4.98 Å². The lowest BCUT2D eigenvalue weighted by Crippen LogP contribution is -2.21. The van der Waals surface area contributed by atoms with Gasteiger partial charge in [0.05, 0.1) is 5.69 Å². The van der Waals surface area contributed by atoms with Crippen molar-refractivity contribution in [3.8, 4) is 0 Å². The number of alkyl halides is 3. The molecule has 1 rings (SSSR count). The van der Waals surface area contributed by atoms with E-state index in [-0.39, 0.29) is 12.0 Å². The Bertz CT molecular complexity index is 463. The van der Waals surface area contributed by atoms with Crippen LogP contribution in [0.1, 0.15) is 31.3 Å². The average Bonchev–Trinajstić information content (AvgIpc) is 2.55. The molecule has 1 amide bonds. The Labute approximate surface area is 131 Å². The first-order valence-corrected chi connectivity index (χ1v) is 7.42. The Morgan fingerprint density at radius 1 is 1.37 bits per heavy atom. The third-order valence-electron chi connectivity index (χ3n) is 2.05. The molecule has 1 N–H and O–H groups in total. The Morgan fingerprint density at radius 2 is 1.95 bits per heavy atom. The van der Waals surface area contributed by atoms with Gasteiger partial charge < -0.3 is 4.74 Å². The summed E-state index contributed by atoms with van der Waals surface area (Å²) in [7, 11) is 0. The average molecular weight is 346 g/mol. The van der Waals surface area contributed by atoms with Crippen molar-refractivity contribution < 1.29 is 9.53 Å². The molecule has 0 atom stereocenters. The maximum atomic E-state index is 11.5. The van der Waals surface area contributed by atoms with Gasteiger partial charge in [-0.25, -0.2) is 9.78 Å². The van der Waals surface area contributed by atoms with E-state index >= 15 is 0 Å². The molecule has 0 aromatic carbocycles. The number of thiazole rings is 1. The highest BCUT2D eigenvalue weighted by molar-refractivity contribution is 7.16. The Kier molecular flexibility index (Phi) is 5.35. The lowest BCUT2D eigenvalue weighted by Gasteiger charge is -2.16. The number of ether oxygens (including phenoxy) is 1. The summed E-state index contributed by atoms with van der Waals surface area (Å²) >= 11 is 17.9. The van der Waals surface area contributed by atoms with E-state index in [9.17, 15) is 4.79 Å². The van der Waals surface area contributed by atoms with Crippen LogP contribution in [0.15, 0.2) is 0 Å². The first kappa shape index (κ1) is 16.8. The van der Waals surface area contributed by atoms with Crippen LogP contribution in [-0.2, 0) is 10.2 Å². The van der Waals surface area contributed by atoms with E-state index < -0.39 is 9.89 Å². The summed E-state index contributed by atoms with van der Waals surface area (Å²) in [6.07, 6.45) is -0.694. The number of amides is 1. The second kappa shape index (κ2) is 6.04. The minimum absolute atomic E-state index is 0.0246. The van der Waals surface area contributed by atoms with E-state index in [1.807, 2.05) is 6.92 Å². The number of carbonyl (C=O) groups excluding carboxylic acids is 1. The molecule has 19 heavy (non-hydrogen) atoms. The van der Waals surface area contributed by atoms with Crippen molar-refractivity contribution in [2.75, 3.05) is 11.9 Å². The molecule has 108 valence electrons. The lowest BCUT2D eigenvalue weighted by molar-refractivity contribution is 0.164. The van der Waals surface area contributed by atoms with Gasteiger partial charge in [-0.15, -0.1) is 11.3 Å². The van der Waals surface area contributed by atoms with Crippen molar-refractivity contribution in [3.63, 3.8) is 0 Å². The van der Waals surface area contributed by atoms with Crippen molar-refractivity contribution in [3.05, 3.63) is 10.6 Å².